The number of hydrogen-bond donors (Lipinski definition) is 3. The van der Waals surface area contributed by atoms with Crippen molar-refractivity contribution in [2.75, 3.05) is 6.54 Å². The Morgan fingerprint density at radius 1 is 1.33 bits per heavy atom. The largest absolute Gasteiger partial charge is 0.508 e. The molecule has 4 N–H and O–H groups in total. The van der Waals surface area contributed by atoms with Crippen molar-refractivity contribution >= 4 is 5.91 Å². The van der Waals surface area contributed by atoms with Crippen LogP contribution in [0.1, 0.15) is 25.8 Å². The summed E-state index contributed by atoms with van der Waals surface area (Å²) in [5, 5.41) is 12.0. The van der Waals surface area contributed by atoms with Crippen LogP contribution in [0.5, 0.6) is 5.75 Å². The van der Waals surface area contributed by atoms with E-state index in [4.69, 9.17) is 10.8 Å². The van der Waals surface area contributed by atoms with Gasteiger partial charge in [0.05, 0.1) is 6.04 Å². The van der Waals surface area contributed by atoms with Crippen LogP contribution in [0.4, 0.5) is 0 Å². The molecule has 0 aliphatic rings. The molecule has 0 aliphatic carbocycles. The first-order valence-corrected chi connectivity index (χ1v) is 6.30. The van der Waals surface area contributed by atoms with Gasteiger partial charge < -0.3 is 16.2 Å². The van der Waals surface area contributed by atoms with E-state index >= 15 is 0 Å². The number of phenolic OH excluding ortho intramolecular Hbond substituents is 1. The van der Waals surface area contributed by atoms with Gasteiger partial charge in [0.2, 0.25) is 5.91 Å². The average molecular weight is 250 g/mol. The van der Waals surface area contributed by atoms with E-state index in [1.807, 2.05) is 26.0 Å². The van der Waals surface area contributed by atoms with E-state index in [1.54, 1.807) is 12.1 Å². The Balaban J connectivity index is 2.29. The zero-order valence-corrected chi connectivity index (χ0v) is 11.0. The highest BCUT2D eigenvalue weighted by atomic mass is 16.3. The average Bonchev–Trinajstić information content (AvgIpc) is 2.30. The Kier molecular flexibility index (Phi) is 5.65. The lowest BCUT2D eigenvalue weighted by Gasteiger charge is -2.14. The zero-order chi connectivity index (χ0) is 13.5. The maximum Gasteiger partial charge on any atom is 0.236 e. The van der Waals surface area contributed by atoms with Crippen LogP contribution in [0.15, 0.2) is 24.3 Å². The summed E-state index contributed by atoms with van der Waals surface area (Å²) in [4.78, 5) is 11.6. The molecule has 0 heterocycles. The molecule has 4 nitrogen and oxygen atoms in total. The van der Waals surface area contributed by atoms with Crippen LogP contribution in [0.25, 0.3) is 0 Å². The highest BCUT2D eigenvalue weighted by molar-refractivity contribution is 5.81. The molecular weight excluding hydrogens is 228 g/mol. The Bertz CT molecular complexity index is 374. The van der Waals surface area contributed by atoms with E-state index < -0.39 is 6.04 Å². The molecule has 1 aromatic carbocycles. The van der Waals surface area contributed by atoms with Gasteiger partial charge in [-0.05, 0) is 36.5 Å². The third kappa shape index (κ3) is 5.19. The van der Waals surface area contributed by atoms with Gasteiger partial charge in [-0.3, -0.25) is 4.79 Å². The summed E-state index contributed by atoms with van der Waals surface area (Å²) in [7, 11) is 0. The Hall–Kier alpha value is -1.55. The van der Waals surface area contributed by atoms with Crippen LogP contribution in [0.2, 0.25) is 0 Å². The van der Waals surface area contributed by atoms with Crippen molar-refractivity contribution < 1.29 is 9.90 Å². The SMILES string of the molecule is CC(C)CC(N)C(=O)NCCc1ccc(O)cc1. The van der Waals surface area contributed by atoms with Crippen molar-refractivity contribution in [3.8, 4) is 5.75 Å². The number of benzene rings is 1. The van der Waals surface area contributed by atoms with E-state index in [0.29, 0.717) is 18.9 Å². The number of carbonyl (C=O) groups excluding carboxylic acids is 1. The van der Waals surface area contributed by atoms with E-state index in [9.17, 15) is 4.79 Å². The minimum atomic E-state index is -0.426. The van der Waals surface area contributed by atoms with Crippen molar-refractivity contribution in [3.63, 3.8) is 0 Å². The molecule has 4 heteroatoms. The number of hydrogen-bond acceptors (Lipinski definition) is 3. The van der Waals surface area contributed by atoms with Crippen LogP contribution >= 0.6 is 0 Å². The minimum Gasteiger partial charge on any atom is -0.508 e. The normalized spacial score (nSPS) is 12.4. The summed E-state index contributed by atoms with van der Waals surface area (Å²) in [5.74, 6) is 0.576. The lowest BCUT2D eigenvalue weighted by molar-refractivity contribution is -0.122. The zero-order valence-electron chi connectivity index (χ0n) is 11.0. The van der Waals surface area contributed by atoms with Gasteiger partial charge in [-0.25, -0.2) is 0 Å². The number of aromatic hydroxyl groups is 1. The highest BCUT2D eigenvalue weighted by Crippen LogP contribution is 2.09. The van der Waals surface area contributed by atoms with Gasteiger partial charge in [0.1, 0.15) is 5.75 Å². The highest BCUT2D eigenvalue weighted by Gasteiger charge is 2.13. The van der Waals surface area contributed by atoms with Gasteiger partial charge >= 0.3 is 0 Å². The molecule has 1 amide bonds. The predicted molar refractivity (Wildman–Crippen MR) is 72.3 cm³/mol. The molecule has 1 aromatic rings. The fraction of sp³-hybridized carbons (Fsp3) is 0.500. The van der Waals surface area contributed by atoms with Gasteiger partial charge in [-0.1, -0.05) is 26.0 Å². The number of nitrogens with two attached hydrogens (primary N) is 1. The van der Waals surface area contributed by atoms with Gasteiger partial charge in [0.25, 0.3) is 0 Å². The molecule has 0 spiro atoms. The maximum atomic E-state index is 11.6. The topological polar surface area (TPSA) is 75.4 Å². The summed E-state index contributed by atoms with van der Waals surface area (Å²) in [5.41, 5.74) is 6.85. The van der Waals surface area contributed by atoms with Crippen LogP contribution in [-0.2, 0) is 11.2 Å². The van der Waals surface area contributed by atoms with Gasteiger partial charge in [-0.15, -0.1) is 0 Å². The molecule has 0 fully saturated rings. The van der Waals surface area contributed by atoms with Crippen LogP contribution in [-0.4, -0.2) is 23.6 Å². The van der Waals surface area contributed by atoms with E-state index in [-0.39, 0.29) is 11.7 Å². The fourth-order valence-corrected chi connectivity index (χ4v) is 1.74. The summed E-state index contributed by atoms with van der Waals surface area (Å²) < 4.78 is 0. The second-order valence-corrected chi connectivity index (χ2v) is 4.94. The monoisotopic (exact) mass is 250 g/mol. The molecule has 0 aromatic heterocycles. The molecule has 18 heavy (non-hydrogen) atoms. The number of rotatable bonds is 6. The lowest BCUT2D eigenvalue weighted by atomic mass is 10.0. The minimum absolute atomic E-state index is 0.0949. The van der Waals surface area contributed by atoms with Crippen molar-refractivity contribution in [1.82, 2.24) is 5.32 Å². The molecule has 100 valence electrons. The van der Waals surface area contributed by atoms with E-state index in [1.165, 1.54) is 0 Å². The molecule has 0 saturated heterocycles. The summed E-state index contributed by atoms with van der Waals surface area (Å²) in [6.45, 7) is 4.66. The smallest absolute Gasteiger partial charge is 0.236 e. The molecule has 0 radical (unpaired) electrons. The third-order valence-electron chi connectivity index (χ3n) is 2.71. The van der Waals surface area contributed by atoms with E-state index in [0.717, 1.165) is 12.0 Å². The number of nitrogens with one attached hydrogen (secondary N) is 1. The number of amides is 1. The first kappa shape index (κ1) is 14.5. The second kappa shape index (κ2) is 7.01. The first-order chi connectivity index (χ1) is 8.49. The van der Waals surface area contributed by atoms with Crippen molar-refractivity contribution in [3.05, 3.63) is 29.8 Å². The molecule has 0 saturated carbocycles. The lowest BCUT2D eigenvalue weighted by Crippen LogP contribution is -2.42. The van der Waals surface area contributed by atoms with Crippen LogP contribution in [0.3, 0.4) is 0 Å². The summed E-state index contributed by atoms with van der Waals surface area (Å²) >= 11 is 0. The molecule has 1 rings (SSSR count). The Morgan fingerprint density at radius 3 is 2.50 bits per heavy atom. The maximum absolute atomic E-state index is 11.6. The van der Waals surface area contributed by atoms with Crippen molar-refractivity contribution in [1.29, 1.82) is 0 Å². The third-order valence-corrected chi connectivity index (χ3v) is 2.71. The number of phenols is 1. The summed E-state index contributed by atoms with van der Waals surface area (Å²) in [6.07, 6.45) is 1.44. The van der Waals surface area contributed by atoms with Crippen LogP contribution < -0.4 is 11.1 Å². The number of carbonyl (C=O) groups is 1. The Labute approximate surface area is 108 Å². The fourth-order valence-electron chi connectivity index (χ4n) is 1.74. The first-order valence-electron chi connectivity index (χ1n) is 6.30. The van der Waals surface area contributed by atoms with Gasteiger partial charge in [0, 0.05) is 6.54 Å². The van der Waals surface area contributed by atoms with Crippen molar-refractivity contribution in [2.24, 2.45) is 11.7 Å². The molecule has 0 bridgehead atoms. The molecule has 1 unspecified atom stereocenters. The standard InChI is InChI=1S/C14H22N2O2/c1-10(2)9-13(15)14(18)16-8-7-11-3-5-12(17)6-4-11/h3-6,10,13,17H,7-9,15H2,1-2H3,(H,16,18). The van der Waals surface area contributed by atoms with Gasteiger partial charge in [-0.2, -0.15) is 0 Å². The van der Waals surface area contributed by atoms with Gasteiger partial charge in [0.15, 0.2) is 0 Å². The molecular formula is C14H22N2O2. The Morgan fingerprint density at radius 2 is 1.94 bits per heavy atom. The second-order valence-electron chi connectivity index (χ2n) is 4.94. The predicted octanol–water partition coefficient (Wildman–Crippen LogP) is 1.42. The quantitative estimate of drug-likeness (QED) is 0.715. The van der Waals surface area contributed by atoms with Crippen molar-refractivity contribution in [2.45, 2.75) is 32.7 Å². The molecule has 0 aliphatic heterocycles. The van der Waals surface area contributed by atoms with E-state index in [2.05, 4.69) is 5.32 Å². The van der Waals surface area contributed by atoms with Crippen LogP contribution in [0, 0.1) is 5.92 Å². The summed E-state index contributed by atoms with van der Waals surface area (Å²) in [6, 6.07) is 6.54. The molecule has 1 atom stereocenters.